The van der Waals surface area contributed by atoms with Gasteiger partial charge in [0.25, 0.3) is 0 Å². The lowest BCUT2D eigenvalue weighted by Gasteiger charge is -2.20. The second kappa shape index (κ2) is 4.72. The Balaban J connectivity index is 1.96. The van der Waals surface area contributed by atoms with Crippen molar-refractivity contribution in [2.24, 2.45) is 11.8 Å². The normalized spacial score (nSPS) is 25.3. The minimum atomic E-state index is 0.542. The lowest BCUT2D eigenvalue weighted by Crippen LogP contribution is -2.27. The average Bonchev–Trinajstić information content (AvgIpc) is 2.84. The summed E-state index contributed by atoms with van der Waals surface area (Å²) in [6.45, 7) is 5.88. The van der Waals surface area contributed by atoms with Crippen molar-refractivity contribution in [2.45, 2.75) is 26.3 Å². The molecule has 1 saturated heterocycles. The van der Waals surface area contributed by atoms with Crippen LogP contribution in [0, 0.1) is 11.8 Å². The zero-order valence-electron chi connectivity index (χ0n) is 12.8. The van der Waals surface area contributed by atoms with Crippen molar-refractivity contribution in [3.63, 3.8) is 0 Å². The Bertz CT molecular complexity index is 741. The third kappa shape index (κ3) is 1.94. The molecule has 0 radical (unpaired) electrons. The monoisotopic (exact) mass is 344 g/mol. The summed E-state index contributed by atoms with van der Waals surface area (Å²) < 4.78 is 1.15. The van der Waals surface area contributed by atoms with Crippen LogP contribution in [-0.2, 0) is 6.42 Å². The molecule has 0 saturated carbocycles. The molecule has 1 aliphatic carbocycles. The maximum atomic E-state index is 3.74. The van der Waals surface area contributed by atoms with Crippen LogP contribution in [0.2, 0.25) is 0 Å². The highest BCUT2D eigenvalue weighted by molar-refractivity contribution is 9.10. The predicted octanol–water partition coefficient (Wildman–Crippen LogP) is 4.46. The average molecular weight is 345 g/mol. The summed E-state index contributed by atoms with van der Waals surface area (Å²) in [5, 5.41) is 1.40. The largest absolute Gasteiger partial charge is 0.349 e. The summed E-state index contributed by atoms with van der Waals surface area (Å²) in [4.78, 5) is 6.02. The molecule has 2 aliphatic rings. The zero-order chi connectivity index (χ0) is 14.7. The summed E-state index contributed by atoms with van der Waals surface area (Å²) in [7, 11) is 2.27. The van der Waals surface area contributed by atoms with Gasteiger partial charge in [0, 0.05) is 23.5 Å². The van der Waals surface area contributed by atoms with Gasteiger partial charge >= 0.3 is 0 Å². The molecule has 0 bridgehead atoms. The minimum absolute atomic E-state index is 0.542. The minimum Gasteiger partial charge on any atom is -0.349 e. The number of likely N-dealkylation sites (N-methyl/N-ethyl adjacent to an activating group) is 1. The number of hydrogen-bond donors (Lipinski definition) is 1. The molecular formula is C18H21BrN2. The molecule has 4 rings (SSSR count). The topological polar surface area (TPSA) is 19.0 Å². The Hall–Kier alpha value is -1.06. The van der Waals surface area contributed by atoms with Crippen molar-refractivity contribution < 1.29 is 0 Å². The molecule has 2 nitrogen and oxygen atoms in total. The fraction of sp³-hybridized carbons (Fsp3) is 0.444. The Kier molecular flexibility index (Phi) is 3.05. The van der Waals surface area contributed by atoms with Gasteiger partial charge in [-0.3, -0.25) is 4.90 Å². The molecule has 1 aromatic carbocycles. The SMILES string of the molecule is CC(C)C1CN(C)C2Cc3c(Br)[nH]c4cccc(c34)C=C12. The Morgan fingerprint density at radius 2 is 2.14 bits per heavy atom. The number of aromatic nitrogens is 1. The molecule has 21 heavy (non-hydrogen) atoms. The van der Waals surface area contributed by atoms with Crippen LogP contribution < -0.4 is 0 Å². The van der Waals surface area contributed by atoms with Crippen molar-refractivity contribution in [1.82, 2.24) is 9.88 Å². The fourth-order valence-electron chi connectivity index (χ4n) is 4.12. The van der Waals surface area contributed by atoms with Crippen LogP contribution in [0.5, 0.6) is 0 Å². The third-order valence-corrected chi connectivity index (χ3v) is 5.94. The standard InChI is InChI=1S/C18H21BrN2/c1-10(2)14-9-21(3)16-8-13-17-11(7-12(14)16)5-4-6-15(17)20-18(13)19/h4-7,10,14,16,20H,8-9H2,1-3H3. The third-order valence-electron chi connectivity index (χ3n) is 5.26. The summed E-state index contributed by atoms with van der Waals surface area (Å²) >= 11 is 3.74. The molecule has 2 atom stereocenters. The van der Waals surface area contributed by atoms with Crippen LogP contribution in [0.15, 0.2) is 28.4 Å². The van der Waals surface area contributed by atoms with Crippen molar-refractivity contribution in [1.29, 1.82) is 0 Å². The maximum Gasteiger partial charge on any atom is 0.0864 e. The molecular weight excluding hydrogens is 324 g/mol. The molecule has 1 fully saturated rings. The number of rotatable bonds is 1. The van der Waals surface area contributed by atoms with E-state index in [1.165, 1.54) is 28.6 Å². The van der Waals surface area contributed by atoms with Gasteiger partial charge in [0.1, 0.15) is 0 Å². The van der Waals surface area contributed by atoms with E-state index in [2.05, 4.69) is 71.0 Å². The molecule has 110 valence electrons. The summed E-state index contributed by atoms with van der Waals surface area (Å²) in [5.41, 5.74) is 5.69. The van der Waals surface area contributed by atoms with E-state index in [9.17, 15) is 0 Å². The van der Waals surface area contributed by atoms with E-state index in [0.717, 1.165) is 11.0 Å². The number of nitrogens with zero attached hydrogens (tertiary/aromatic N) is 1. The highest BCUT2D eigenvalue weighted by Crippen LogP contribution is 2.42. The summed E-state index contributed by atoms with van der Waals surface area (Å²) in [6.07, 6.45) is 3.57. The summed E-state index contributed by atoms with van der Waals surface area (Å²) in [6, 6.07) is 7.14. The van der Waals surface area contributed by atoms with Gasteiger partial charge in [-0.05, 0) is 64.0 Å². The molecule has 2 heterocycles. The molecule has 2 unspecified atom stereocenters. The van der Waals surface area contributed by atoms with E-state index in [4.69, 9.17) is 0 Å². The number of nitrogens with one attached hydrogen (secondary N) is 1. The Morgan fingerprint density at radius 1 is 1.33 bits per heavy atom. The molecule has 2 aromatic rings. The van der Waals surface area contributed by atoms with Crippen LogP contribution in [-0.4, -0.2) is 29.5 Å². The first-order valence-electron chi connectivity index (χ1n) is 7.77. The van der Waals surface area contributed by atoms with Crippen LogP contribution in [0.1, 0.15) is 25.0 Å². The first kappa shape index (κ1) is 13.6. The van der Waals surface area contributed by atoms with Crippen molar-refractivity contribution in [3.05, 3.63) is 39.5 Å². The van der Waals surface area contributed by atoms with Gasteiger partial charge in [0.2, 0.25) is 0 Å². The first-order chi connectivity index (χ1) is 10.1. The van der Waals surface area contributed by atoms with Gasteiger partial charge in [-0.25, -0.2) is 0 Å². The quantitative estimate of drug-likeness (QED) is 0.809. The second-order valence-electron chi connectivity index (χ2n) is 6.84. The van der Waals surface area contributed by atoms with Crippen LogP contribution >= 0.6 is 15.9 Å². The number of fused-ring (bicyclic) bond motifs is 1. The predicted molar refractivity (Wildman–Crippen MR) is 92.4 cm³/mol. The van der Waals surface area contributed by atoms with Gasteiger partial charge in [-0.2, -0.15) is 0 Å². The first-order valence-corrected chi connectivity index (χ1v) is 8.56. The van der Waals surface area contributed by atoms with Crippen LogP contribution in [0.4, 0.5) is 0 Å². The number of halogens is 1. The number of aromatic amines is 1. The van der Waals surface area contributed by atoms with Crippen molar-refractivity contribution in [2.75, 3.05) is 13.6 Å². The van der Waals surface area contributed by atoms with Gasteiger partial charge in [-0.1, -0.05) is 32.1 Å². The zero-order valence-corrected chi connectivity index (χ0v) is 14.4. The molecule has 1 N–H and O–H groups in total. The Labute approximate surface area is 134 Å². The highest BCUT2D eigenvalue weighted by Gasteiger charge is 2.38. The highest BCUT2D eigenvalue weighted by atomic mass is 79.9. The lowest BCUT2D eigenvalue weighted by atomic mass is 9.87. The smallest absolute Gasteiger partial charge is 0.0864 e. The van der Waals surface area contributed by atoms with E-state index >= 15 is 0 Å². The molecule has 0 spiro atoms. The molecule has 1 aromatic heterocycles. The van der Waals surface area contributed by atoms with Gasteiger partial charge in [0.05, 0.1) is 4.60 Å². The van der Waals surface area contributed by atoms with Crippen molar-refractivity contribution >= 4 is 32.9 Å². The summed E-state index contributed by atoms with van der Waals surface area (Å²) in [5.74, 6) is 1.38. The van der Waals surface area contributed by atoms with E-state index in [0.29, 0.717) is 17.9 Å². The van der Waals surface area contributed by atoms with Crippen LogP contribution in [0.25, 0.3) is 17.0 Å². The molecule has 3 heteroatoms. The van der Waals surface area contributed by atoms with E-state index in [1.807, 2.05) is 0 Å². The molecule has 1 aliphatic heterocycles. The second-order valence-corrected chi connectivity index (χ2v) is 7.63. The van der Waals surface area contributed by atoms with Gasteiger partial charge in [-0.15, -0.1) is 0 Å². The van der Waals surface area contributed by atoms with E-state index < -0.39 is 0 Å². The van der Waals surface area contributed by atoms with E-state index in [1.54, 1.807) is 5.57 Å². The van der Waals surface area contributed by atoms with E-state index in [-0.39, 0.29) is 0 Å². The molecule has 0 amide bonds. The lowest BCUT2D eigenvalue weighted by molar-refractivity contribution is 0.303. The fourth-order valence-corrected chi connectivity index (χ4v) is 4.69. The van der Waals surface area contributed by atoms with Gasteiger partial charge in [0.15, 0.2) is 0 Å². The number of likely N-dealkylation sites (tertiary alicyclic amines) is 1. The van der Waals surface area contributed by atoms with Gasteiger partial charge < -0.3 is 4.98 Å². The maximum absolute atomic E-state index is 3.74. The Morgan fingerprint density at radius 3 is 2.90 bits per heavy atom. The van der Waals surface area contributed by atoms with Crippen molar-refractivity contribution in [3.8, 4) is 0 Å². The number of H-pyrrole nitrogens is 1. The number of benzene rings is 1. The number of hydrogen-bond acceptors (Lipinski definition) is 1. The van der Waals surface area contributed by atoms with Crippen LogP contribution in [0.3, 0.4) is 0 Å².